The van der Waals surface area contributed by atoms with Gasteiger partial charge in [-0.3, -0.25) is 9.89 Å². The van der Waals surface area contributed by atoms with Crippen LogP contribution in [0.3, 0.4) is 0 Å². The maximum Gasteiger partial charge on any atom is 0.357 e. The standard InChI is InChI=1S/C7H7BrN2O3/c1-3(11)5-4(8)6(10-9-5)7(12)13-2/h1-2H3,(H,9,10). The van der Waals surface area contributed by atoms with Crippen LogP contribution in [0, 0.1) is 0 Å². The zero-order valence-electron chi connectivity index (χ0n) is 7.05. The van der Waals surface area contributed by atoms with Crippen LogP contribution >= 0.6 is 15.9 Å². The summed E-state index contributed by atoms with van der Waals surface area (Å²) in [6.45, 7) is 1.36. The molecule has 0 aromatic carbocycles. The Balaban J connectivity index is 3.13. The molecule has 0 aliphatic heterocycles. The lowest BCUT2D eigenvalue weighted by atomic mass is 10.3. The second-order valence-corrected chi connectivity index (χ2v) is 3.10. The molecule has 0 unspecified atom stereocenters. The molecule has 6 heteroatoms. The molecule has 0 spiro atoms. The summed E-state index contributed by atoms with van der Waals surface area (Å²) in [6.07, 6.45) is 0. The largest absolute Gasteiger partial charge is 0.464 e. The smallest absolute Gasteiger partial charge is 0.357 e. The van der Waals surface area contributed by atoms with Crippen LogP contribution in [0.2, 0.25) is 0 Å². The number of ketones is 1. The lowest BCUT2D eigenvalue weighted by molar-refractivity contribution is 0.0593. The summed E-state index contributed by atoms with van der Waals surface area (Å²) < 4.78 is 4.80. The maximum absolute atomic E-state index is 11.0. The topological polar surface area (TPSA) is 72.1 Å². The van der Waals surface area contributed by atoms with Gasteiger partial charge in [-0.25, -0.2) is 4.79 Å². The Morgan fingerprint density at radius 2 is 2.15 bits per heavy atom. The van der Waals surface area contributed by atoms with Crippen molar-refractivity contribution in [1.29, 1.82) is 0 Å². The molecule has 1 aromatic rings. The maximum atomic E-state index is 11.0. The highest BCUT2D eigenvalue weighted by Gasteiger charge is 2.19. The van der Waals surface area contributed by atoms with Gasteiger partial charge in [0.25, 0.3) is 0 Å². The molecule has 0 aliphatic carbocycles. The molecule has 0 amide bonds. The first-order valence-corrected chi connectivity index (χ1v) is 4.20. The summed E-state index contributed by atoms with van der Waals surface area (Å²) in [4.78, 5) is 22.0. The highest BCUT2D eigenvalue weighted by atomic mass is 79.9. The summed E-state index contributed by atoms with van der Waals surface area (Å²) in [5, 5.41) is 6.08. The molecule has 1 aromatic heterocycles. The van der Waals surface area contributed by atoms with Gasteiger partial charge in [0, 0.05) is 6.92 Å². The molecule has 0 bridgehead atoms. The molecule has 0 saturated heterocycles. The number of carbonyl (C=O) groups excluding carboxylic acids is 2. The van der Waals surface area contributed by atoms with Crippen molar-refractivity contribution in [2.24, 2.45) is 0 Å². The Labute approximate surface area is 82.6 Å². The summed E-state index contributed by atoms with van der Waals surface area (Å²) in [5.41, 5.74) is 0.341. The number of aromatic nitrogens is 2. The Morgan fingerprint density at radius 1 is 1.54 bits per heavy atom. The predicted molar refractivity (Wildman–Crippen MR) is 47.6 cm³/mol. The Hall–Kier alpha value is -1.17. The number of ether oxygens (including phenoxy) is 1. The number of Topliss-reactive ketones (excluding diaryl/α,β-unsaturated/α-hetero) is 1. The lowest BCUT2D eigenvalue weighted by Crippen LogP contribution is -2.02. The van der Waals surface area contributed by atoms with Crippen LogP contribution in [0.25, 0.3) is 0 Å². The van der Waals surface area contributed by atoms with Crippen LogP contribution in [-0.2, 0) is 4.74 Å². The van der Waals surface area contributed by atoms with Gasteiger partial charge in [0.05, 0.1) is 11.6 Å². The zero-order valence-corrected chi connectivity index (χ0v) is 8.64. The first kappa shape index (κ1) is 9.91. The van der Waals surface area contributed by atoms with Crippen molar-refractivity contribution in [3.63, 3.8) is 0 Å². The third kappa shape index (κ3) is 1.77. The third-order valence-electron chi connectivity index (χ3n) is 1.43. The Kier molecular flexibility index (Phi) is 2.82. The van der Waals surface area contributed by atoms with E-state index in [-0.39, 0.29) is 17.2 Å². The van der Waals surface area contributed by atoms with Gasteiger partial charge in [-0.05, 0) is 15.9 Å². The van der Waals surface area contributed by atoms with Crippen LogP contribution in [-0.4, -0.2) is 29.1 Å². The number of esters is 1. The Morgan fingerprint density at radius 3 is 2.54 bits per heavy atom. The van der Waals surface area contributed by atoms with Crippen molar-refractivity contribution in [3.05, 3.63) is 15.9 Å². The monoisotopic (exact) mass is 246 g/mol. The van der Waals surface area contributed by atoms with Crippen LogP contribution in [0.5, 0.6) is 0 Å². The average molecular weight is 247 g/mol. The number of aromatic amines is 1. The second kappa shape index (κ2) is 3.69. The molecule has 0 saturated carbocycles. The molecule has 0 fully saturated rings. The normalized spacial score (nSPS) is 9.77. The minimum atomic E-state index is -0.563. The fourth-order valence-electron chi connectivity index (χ4n) is 0.799. The first-order chi connectivity index (χ1) is 6.07. The number of hydrogen-bond donors (Lipinski definition) is 1. The van der Waals surface area contributed by atoms with Crippen molar-refractivity contribution >= 4 is 27.7 Å². The van der Waals surface area contributed by atoms with Gasteiger partial charge < -0.3 is 4.74 Å². The molecule has 0 atom stereocenters. The third-order valence-corrected chi connectivity index (χ3v) is 2.20. The van der Waals surface area contributed by atoms with Crippen molar-refractivity contribution in [2.75, 3.05) is 7.11 Å². The minimum absolute atomic E-state index is 0.146. The fourth-order valence-corrected chi connectivity index (χ4v) is 1.42. The van der Waals surface area contributed by atoms with E-state index in [4.69, 9.17) is 0 Å². The predicted octanol–water partition coefficient (Wildman–Crippen LogP) is 1.16. The first-order valence-electron chi connectivity index (χ1n) is 3.41. The molecule has 1 rings (SSSR count). The highest BCUT2D eigenvalue weighted by molar-refractivity contribution is 9.10. The summed E-state index contributed by atoms with van der Waals surface area (Å²) in [5.74, 6) is -0.787. The van der Waals surface area contributed by atoms with Crippen LogP contribution in [0.4, 0.5) is 0 Å². The number of hydrogen-bond acceptors (Lipinski definition) is 4. The summed E-state index contributed by atoms with van der Waals surface area (Å²) >= 11 is 3.08. The molecule has 0 aliphatic rings. The van der Waals surface area contributed by atoms with Crippen LogP contribution in [0.15, 0.2) is 4.47 Å². The van der Waals surface area contributed by atoms with Gasteiger partial charge in [-0.15, -0.1) is 0 Å². The van der Waals surface area contributed by atoms with Crippen LogP contribution in [0.1, 0.15) is 27.9 Å². The molecule has 5 nitrogen and oxygen atoms in total. The van der Waals surface area contributed by atoms with E-state index in [9.17, 15) is 9.59 Å². The Bertz CT molecular complexity index is 359. The number of H-pyrrole nitrogens is 1. The van der Waals surface area contributed by atoms with E-state index in [0.717, 1.165) is 0 Å². The van der Waals surface area contributed by atoms with E-state index in [1.165, 1.54) is 14.0 Å². The van der Waals surface area contributed by atoms with E-state index >= 15 is 0 Å². The number of methoxy groups -OCH3 is 1. The number of halogens is 1. The summed E-state index contributed by atoms with van der Waals surface area (Å²) in [6, 6.07) is 0. The number of nitrogens with one attached hydrogen (secondary N) is 1. The van der Waals surface area contributed by atoms with Gasteiger partial charge in [-0.1, -0.05) is 0 Å². The van der Waals surface area contributed by atoms with Gasteiger partial charge in [0.15, 0.2) is 11.5 Å². The quantitative estimate of drug-likeness (QED) is 0.628. The van der Waals surface area contributed by atoms with E-state index in [1.807, 2.05) is 0 Å². The number of nitrogens with zero attached hydrogens (tertiary/aromatic N) is 1. The minimum Gasteiger partial charge on any atom is -0.464 e. The number of rotatable bonds is 2. The fraction of sp³-hybridized carbons (Fsp3) is 0.286. The lowest BCUT2D eigenvalue weighted by Gasteiger charge is -1.94. The summed E-state index contributed by atoms with van der Waals surface area (Å²) in [7, 11) is 1.25. The van der Waals surface area contributed by atoms with Gasteiger partial charge in [0.1, 0.15) is 5.69 Å². The van der Waals surface area contributed by atoms with E-state index in [0.29, 0.717) is 4.47 Å². The molecule has 1 N–H and O–H groups in total. The van der Waals surface area contributed by atoms with Crippen molar-refractivity contribution < 1.29 is 14.3 Å². The average Bonchev–Trinajstić information content (AvgIpc) is 2.46. The van der Waals surface area contributed by atoms with E-state index in [1.54, 1.807) is 0 Å². The van der Waals surface area contributed by atoms with Gasteiger partial charge >= 0.3 is 5.97 Å². The van der Waals surface area contributed by atoms with Gasteiger partial charge in [-0.2, -0.15) is 5.10 Å². The zero-order chi connectivity index (χ0) is 10.0. The molecule has 1 heterocycles. The van der Waals surface area contributed by atoms with Crippen molar-refractivity contribution in [2.45, 2.75) is 6.92 Å². The molecular formula is C7H7BrN2O3. The van der Waals surface area contributed by atoms with Crippen molar-refractivity contribution in [3.8, 4) is 0 Å². The molecule has 70 valence electrons. The van der Waals surface area contributed by atoms with E-state index in [2.05, 4.69) is 30.9 Å². The van der Waals surface area contributed by atoms with Gasteiger partial charge in [0.2, 0.25) is 0 Å². The molecule has 0 radical (unpaired) electrons. The van der Waals surface area contributed by atoms with E-state index < -0.39 is 5.97 Å². The molecular weight excluding hydrogens is 240 g/mol. The second-order valence-electron chi connectivity index (χ2n) is 2.31. The molecule has 13 heavy (non-hydrogen) atoms. The number of carbonyl (C=O) groups is 2. The SMILES string of the molecule is COC(=O)c1[nH]nc(C(C)=O)c1Br. The highest BCUT2D eigenvalue weighted by Crippen LogP contribution is 2.19. The van der Waals surface area contributed by atoms with Crippen LogP contribution < -0.4 is 0 Å². The van der Waals surface area contributed by atoms with Crippen molar-refractivity contribution in [1.82, 2.24) is 10.2 Å².